The molecule has 0 bridgehead atoms. The van der Waals surface area contributed by atoms with Crippen LogP contribution in [0.15, 0.2) is 53.0 Å². The lowest BCUT2D eigenvalue weighted by atomic mass is 10.1. The smallest absolute Gasteiger partial charge is 0.185 e. The van der Waals surface area contributed by atoms with Crippen molar-refractivity contribution in [2.24, 2.45) is 0 Å². The quantitative estimate of drug-likeness (QED) is 0.595. The second-order valence-electron chi connectivity index (χ2n) is 4.32. The third-order valence-corrected chi connectivity index (χ3v) is 3.58. The third-order valence-electron chi connectivity index (χ3n) is 2.96. The van der Waals surface area contributed by atoms with E-state index in [0.717, 1.165) is 15.8 Å². The van der Waals surface area contributed by atoms with E-state index in [1.54, 1.807) is 50.6 Å². The van der Waals surface area contributed by atoms with Crippen LogP contribution >= 0.6 is 15.9 Å². The summed E-state index contributed by atoms with van der Waals surface area (Å²) in [5.74, 6) is 1.36. The van der Waals surface area contributed by atoms with Crippen molar-refractivity contribution < 1.29 is 14.3 Å². The van der Waals surface area contributed by atoms with Gasteiger partial charge in [-0.05, 0) is 51.8 Å². The lowest BCUT2D eigenvalue weighted by molar-refractivity contribution is 0.104. The van der Waals surface area contributed by atoms with Gasteiger partial charge in [-0.15, -0.1) is 0 Å². The van der Waals surface area contributed by atoms with Gasteiger partial charge in [0, 0.05) is 5.56 Å². The van der Waals surface area contributed by atoms with Crippen LogP contribution in [0.3, 0.4) is 0 Å². The minimum absolute atomic E-state index is 0.0687. The molecule has 0 radical (unpaired) electrons. The van der Waals surface area contributed by atoms with Crippen molar-refractivity contribution in [2.75, 3.05) is 14.2 Å². The second-order valence-corrected chi connectivity index (χ2v) is 5.18. The number of carbonyl (C=O) groups is 1. The molecule has 21 heavy (non-hydrogen) atoms. The number of benzene rings is 2. The predicted molar refractivity (Wildman–Crippen MR) is 87.1 cm³/mol. The molecule has 0 fully saturated rings. The van der Waals surface area contributed by atoms with Crippen molar-refractivity contribution in [3.63, 3.8) is 0 Å². The molecule has 0 atom stereocenters. The predicted octanol–water partition coefficient (Wildman–Crippen LogP) is 4.36. The van der Waals surface area contributed by atoms with Gasteiger partial charge in [0.25, 0.3) is 0 Å². The maximum Gasteiger partial charge on any atom is 0.185 e. The Balaban J connectivity index is 2.16. The van der Waals surface area contributed by atoms with Gasteiger partial charge in [-0.1, -0.05) is 24.3 Å². The standard InChI is InChI=1S/C17H15BrO3/c1-20-14-5-3-4-13(11-14)16(19)8-6-12-7-9-17(21-2)15(18)10-12/h3-11H,1-2H3/b8-6+. The lowest BCUT2D eigenvalue weighted by Crippen LogP contribution is -1.95. The molecule has 0 heterocycles. The number of halogens is 1. The number of rotatable bonds is 5. The van der Waals surface area contributed by atoms with E-state index >= 15 is 0 Å². The van der Waals surface area contributed by atoms with Crippen LogP contribution in [0, 0.1) is 0 Å². The number of ketones is 1. The lowest BCUT2D eigenvalue weighted by Gasteiger charge is -2.03. The average Bonchev–Trinajstić information content (AvgIpc) is 2.52. The average molecular weight is 347 g/mol. The number of allylic oxidation sites excluding steroid dienone is 1. The summed E-state index contributed by atoms with van der Waals surface area (Å²) in [5.41, 5.74) is 1.51. The summed E-state index contributed by atoms with van der Waals surface area (Å²) in [4.78, 5) is 12.1. The van der Waals surface area contributed by atoms with Crippen LogP contribution in [0.1, 0.15) is 15.9 Å². The topological polar surface area (TPSA) is 35.5 Å². The molecule has 4 heteroatoms. The molecule has 0 N–H and O–H groups in total. The summed E-state index contributed by atoms with van der Waals surface area (Å²) in [6.07, 6.45) is 3.31. The molecular weight excluding hydrogens is 332 g/mol. The van der Waals surface area contributed by atoms with Gasteiger partial charge in [-0.25, -0.2) is 0 Å². The van der Waals surface area contributed by atoms with Gasteiger partial charge in [-0.3, -0.25) is 4.79 Å². The van der Waals surface area contributed by atoms with Crippen LogP contribution < -0.4 is 9.47 Å². The van der Waals surface area contributed by atoms with Gasteiger partial charge in [0.2, 0.25) is 0 Å². The van der Waals surface area contributed by atoms with Crippen LogP contribution in [-0.2, 0) is 0 Å². The Kier molecular flexibility index (Phi) is 5.17. The highest BCUT2D eigenvalue weighted by atomic mass is 79.9. The Morgan fingerprint density at radius 3 is 2.57 bits per heavy atom. The molecule has 0 saturated heterocycles. The third kappa shape index (κ3) is 3.95. The molecule has 0 saturated carbocycles. The molecule has 2 aromatic carbocycles. The number of hydrogen-bond acceptors (Lipinski definition) is 3. The summed E-state index contributed by atoms with van der Waals surface area (Å²) in [6, 6.07) is 12.7. The zero-order valence-corrected chi connectivity index (χ0v) is 13.4. The Bertz CT molecular complexity index is 677. The minimum atomic E-state index is -0.0687. The molecular formula is C17H15BrO3. The molecule has 2 aromatic rings. The van der Waals surface area contributed by atoms with E-state index in [1.807, 2.05) is 18.2 Å². The fraction of sp³-hybridized carbons (Fsp3) is 0.118. The van der Waals surface area contributed by atoms with E-state index in [2.05, 4.69) is 15.9 Å². The molecule has 3 nitrogen and oxygen atoms in total. The van der Waals surface area contributed by atoms with Crippen molar-refractivity contribution in [2.45, 2.75) is 0 Å². The molecule has 0 aliphatic rings. The summed E-state index contributed by atoms with van der Waals surface area (Å²) < 4.78 is 11.1. The fourth-order valence-corrected chi connectivity index (χ4v) is 2.39. The normalized spacial score (nSPS) is 10.6. The van der Waals surface area contributed by atoms with E-state index in [4.69, 9.17) is 9.47 Å². The molecule has 0 spiro atoms. The largest absolute Gasteiger partial charge is 0.497 e. The monoisotopic (exact) mass is 346 g/mol. The van der Waals surface area contributed by atoms with Crippen LogP contribution in [0.2, 0.25) is 0 Å². The highest BCUT2D eigenvalue weighted by Gasteiger charge is 2.04. The highest BCUT2D eigenvalue weighted by molar-refractivity contribution is 9.10. The van der Waals surface area contributed by atoms with E-state index in [0.29, 0.717) is 11.3 Å². The van der Waals surface area contributed by atoms with E-state index in [1.165, 1.54) is 0 Å². The Hall–Kier alpha value is -2.07. The highest BCUT2D eigenvalue weighted by Crippen LogP contribution is 2.26. The van der Waals surface area contributed by atoms with E-state index < -0.39 is 0 Å². The van der Waals surface area contributed by atoms with Crippen molar-refractivity contribution in [1.29, 1.82) is 0 Å². The summed E-state index contributed by atoms with van der Waals surface area (Å²) >= 11 is 3.42. The Labute approximate surface area is 132 Å². The SMILES string of the molecule is COc1cccc(C(=O)/C=C/c2ccc(OC)c(Br)c2)c1. The number of methoxy groups -OCH3 is 2. The van der Waals surface area contributed by atoms with Gasteiger partial charge < -0.3 is 9.47 Å². The molecule has 0 aliphatic heterocycles. The molecule has 108 valence electrons. The van der Waals surface area contributed by atoms with Crippen molar-refractivity contribution in [1.82, 2.24) is 0 Å². The maximum atomic E-state index is 12.1. The van der Waals surface area contributed by atoms with Crippen molar-refractivity contribution in [3.05, 3.63) is 64.1 Å². The van der Waals surface area contributed by atoms with Gasteiger partial charge in [0.1, 0.15) is 11.5 Å². The van der Waals surface area contributed by atoms with Crippen LogP contribution in [0.4, 0.5) is 0 Å². The maximum absolute atomic E-state index is 12.1. The van der Waals surface area contributed by atoms with E-state index in [-0.39, 0.29) is 5.78 Å². The van der Waals surface area contributed by atoms with Crippen molar-refractivity contribution in [3.8, 4) is 11.5 Å². The second kappa shape index (κ2) is 7.09. The first-order valence-corrected chi connectivity index (χ1v) is 7.13. The van der Waals surface area contributed by atoms with E-state index in [9.17, 15) is 4.79 Å². The van der Waals surface area contributed by atoms with Gasteiger partial charge in [-0.2, -0.15) is 0 Å². The Morgan fingerprint density at radius 2 is 1.90 bits per heavy atom. The van der Waals surface area contributed by atoms with Crippen LogP contribution in [0.5, 0.6) is 11.5 Å². The van der Waals surface area contributed by atoms with Gasteiger partial charge in [0.05, 0.1) is 18.7 Å². The summed E-state index contributed by atoms with van der Waals surface area (Å²) in [7, 11) is 3.19. The Morgan fingerprint density at radius 1 is 1.10 bits per heavy atom. The molecule has 0 amide bonds. The number of carbonyl (C=O) groups excluding carboxylic acids is 1. The first-order chi connectivity index (χ1) is 10.1. The summed E-state index contributed by atoms with van der Waals surface area (Å²) in [5, 5.41) is 0. The molecule has 0 unspecified atom stereocenters. The van der Waals surface area contributed by atoms with Crippen LogP contribution in [0.25, 0.3) is 6.08 Å². The fourth-order valence-electron chi connectivity index (χ4n) is 1.83. The summed E-state index contributed by atoms with van der Waals surface area (Å²) in [6.45, 7) is 0. The minimum Gasteiger partial charge on any atom is -0.497 e. The molecule has 2 rings (SSSR count). The van der Waals surface area contributed by atoms with Gasteiger partial charge in [0.15, 0.2) is 5.78 Å². The van der Waals surface area contributed by atoms with Crippen molar-refractivity contribution >= 4 is 27.8 Å². The number of hydrogen-bond donors (Lipinski definition) is 0. The van der Waals surface area contributed by atoms with Gasteiger partial charge >= 0.3 is 0 Å². The first-order valence-electron chi connectivity index (χ1n) is 6.34. The first kappa shape index (κ1) is 15.3. The zero-order chi connectivity index (χ0) is 15.2. The molecule has 0 aromatic heterocycles. The van der Waals surface area contributed by atoms with Crippen LogP contribution in [-0.4, -0.2) is 20.0 Å². The molecule has 0 aliphatic carbocycles. The zero-order valence-electron chi connectivity index (χ0n) is 11.8. The number of ether oxygens (including phenoxy) is 2.